The lowest BCUT2D eigenvalue weighted by Crippen LogP contribution is -2.38. The van der Waals surface area contributed by atoms with Gasteiger partial charge in [-0.05, 0) is 44.9 Å². The molecule has 7 nitrogen and oxygen atoms in total. The molecule has 0 saturated carbocycles. The Hall–Kier alpha value is -3.03. The van der Waals surface area contributed by atoms with Gasteiger partial charge in [0.1, 0.15) is 5.60 Å². The van der Waals surface area contributed by atoms with Crippen LogP contribution in [0.5, 0.6) is 0 Å². The van der Waals surface area contributed by atoms with Crippen LogP contribution in [0.4, 0.5) is 9.18 Å². The Morgan fingerprint density at radius 1 is 1.25 bits per heavy atom. The summed E-state index contributed by atoms with van der Waals surface area (Å²) in [5, 5.41) is 2.71. The standard InChI is InChI=1S/C20H25FN4O3/c1-20(2,3)28-19(27)25(14-15-6-4-8-22-13-15)11-5-9-24-18(26)16-7-10-23-17(21)12-16/h4,6-8,10,12-13H,5,9,11,14H2,1-3H3,(H,24,26). The number of aromatic nitrogens is 2. The molecule has 0 unspecified atom stereocenters. The molecule has 0 aliphatic carbocycles. The summed E-state index contributed by atoms with van der Waals surface area (Å²) < 4.78 is 18.6. The largest absolute Gasteiger partial charge is 0.444 e. The summed E-state index contributed by atoms with van der Waals surface area (Å²) in [5.74, 6) is -1.10. The molecule has 2 heterocycles. The second kappa shape index (κ2) is 9.77. The summed E-state index contributed by atoms with van der Waals surface area (Å²) in [5.41, 5.74) is 0.473. The van der Waals surface area contributed by atoms with Crippen molar-refractivity contribution in [2.45, 2.75) is 39.3 Å². The average molecular weight is 388 g/mol. The van der Waals surface area contributed by atoms with E-state index in [1.165, 1.54) is 12.3 Å². The lowest BCUT2D eigenvalue weighted by atomic mass is 10.2. The molecule has 0 atom stereocenters. The molecular formula is C20H25FN4O3. The van der Waals surface area contributed by atoms with Gasteiger partial charge >= 0.3 is 6.09 Å². The van der Waals surface area contributed by atoms with Gasteiger partial charge in [0.15, 0.2) is 0 Å². The van der Waals surface area contributed by atoms with Crippen molar-refractivity contribution in [3.8, 4) is 0 Å². The molecule has 0 aliphatic rings. The van der Waals surface area contributed by atoms with Crippen molar-refractivity contribution < 1.29 is 18.7 Å². The molecule has 1 N–H and O–H groups in total. The normalized spacial score (nSPS) is 11.0. The number of ether oxygens (including phenoxy) is 1. The molecule has 2 aromatic heterocycles. The third-order valence-electron chi connectivity index (χ3n) is 3.63. The molecule has 0 fully saturated rings. The number of halogens is 1. The first kappa shape index (κ1) is 21.3. The number of rotatable bonds is 7. The van der Waals surface area contributed by atoms with Crippen LogP contribution in [-0.4, -0.2) is 45.6 Å². The van der Waals surface area contributed by atoms with Crippen LogP contribution in [0, 0.1) is 5.95 Å². The highest BCUT2D eigenvalue weighted by molar-refractivity contribution is 5.93. The van der Waals surface area contributed by atoms with Crippen LogP contribution in [0.3, 0.4) is 0 Å². The van der Waals surface area contributed by atoms with Crippen LogP contribution in [-0.2, 0) is 11.3 Å². The SMILES string of the molecule is CC(C)(C)OC(=O)N(CCCNC(=O)c1ccnc(F)c1)Cc1cccnc1. The molecule has 2 rings (SSSR count). The second-order valence-corrected chi connectivity index (χ2v) is 7.24. The Bertz CT molecular complexity index is 794. The minimum absolute atomic E-state index is 0.201. The van der Waals surface area contributed by atoms with Crippen molar-refractivity contribution in [2.24, 2.45) is 0 Å². The van der Waals surface area contributed by atoms with Crippen LogP contribution in [0.25, 0.3) is 0 Å². The molecule has 28 heavy (non-hydrogen) atoms. The van der Waals surface area contributed by atoms with Crippen molar-refractivity contribution in [3.63, 3.8) is 0 Å². The fraction of sp³-hybridized carbons (Fsp3) is 0.400. The fourth-order valence-corrected chi connectivity index (χ4v) is 2.39. The Balaban J connectivity index is 1.90. The topological polar surface area (TPSA) is 84.4 Å². The maximum absolute atomic E-state index is 13.1. The number of carbonyl (C=O) groups excluding carboxylic acids is 2. The average Bonchev–Trinajstić information content (AvgIpc) is 2.63. The molecule has 0 aromatic carbocycles. The van der Waals surface area contributed by atoms with Gasteiger partial charge in [0.05, 0.1) is 6.54 Å². The van der Waals surface area contributed by atoms with Gasteiger partial charge in [-0.3, -0.25) is 9.78 Å². The quantitative estimate of drug-likeness (QED) is 0.582. The molecule has 2 aromatic rings. The molecule has 0 radical (unpaired) electrons. The van der Waals surface area contributed by atoms with Gasteiger partial charge in [0.25, 0.3) is 5.91 Å². The van der Waals surface area contributed by atoms with Crippen LogP contribution < -0.4 is 5.32 Å². The Kier molecular flexibility index (Phi) is 7.43. The number of hydrogen-bond acceptors (Lipinski definition) is 5. The van der Waals surface area contributed by atoms with E-state index in [1.807, 2.05) is 6.07 Å². The van der Waals surface area contributed by atoms with Crippen molar-refractivity contribution >= 4 is 12.0 Å². The van der Waals surface area contributed by atoms with E-state index in [0.29, 0.717) is 26.1 Å². The number of hydrogen-bond donors (Lipinski definition) is 1. The van der Waals surface area contributed by atoms with Gasteiger partial charge in [0.2, 0.25) is 5.95 Å². The fourth-order valence-electron chi connectivity index (χ4n) is 2.39. The minimum atomic E-state index is -0.708. The lowest BCUT2D eigenvalue weighted by molar-refractivity contribution is 0.0232. The van der Waals surface area contributed by atoms with Gasteiger partial charge in [0, 0.05) is 43.3 Å². The van der Waals surface area contributed by atoms with Gasteiger partial charge in [-0.25, -0.2) is 9.78 Å². The van der Waals surface area contributed by atoms with E-state index in [0.717, 1.165) is 11.6 Å². The summed E-state index contributed by atoms with van der Waals surface area (Å²) in [7, 11) is 0. The van der Waals surface area contributed by atoms with Crippen molar-refractivity contribution in [3.05, 3.63) is 59.9 Å². The van der Waals surface area contributed by atoms with E-state index < -0.39 is 23.5 Å². The summed E-state index contributed by atoms with van der Waals surface area (Å²) in [4.78, 5) is 33.6. The summed E-state index contributed by atoms with van der Waals surface area (Å²) in [6.45, 7) is 6.49. The molecule has 0 saturated heterocycles. The highest BCUT2D eigenvalue weighted by Crippen LogP contribution is 2.13. The van der Waals surface area contributed by atoms with E-state index in [1.54, 1.807) is 44.1 Å². The van der Waals surface area contributed by atoms with Crippen LogP contribution in [0.15, 0.2) is 42.9 Å². The molecule has 0 bridgehead atoms. The predicted molar refractivity (Wildman–Crippen MR) is 102 cm³/mol. The van der Waals surface area contributed by atoms with Crippen molar-refractivity contribution in [1.29, 1.82) is 0 Å². The number of nitrogens with zero attached hydrogens (tertiary/aromatic N) is 3. The number of carbonyl (C=O) groups is 2. The van der Waals surface area contributed by atoms with E-state index >= 15 is 0 Å². The second-order valence-electron chi connectivity index (χ2n) is 7.24. The highest BCUT2D eigenvalue weighted by atomic mass is 19.1. The number of pyridine rings is 2. The molecule has 0 spiro atoms. The van der Waals surface area contributed by atoms with Crippen LogP contribution in [0.2, 0.25) is 0 Å². The van der Waals surface area contributed by atoms with Crippen molar-refractivity contribution in [1.82, 2.24) is 20.2 Å². The predicted octanol–water partition coefficient (Wildman–Crippen LogP) is 3.17. The van der Waals surface area contributed by atoms with Gasteiger partial charge < -0.3 is 15.0 Å². The van der Waals surface area contributed by atoms with Gasteiger partial charge in [-0.2, -0.15) is 4.39 Å². The first-order chi connectivity index (χ1) is 13.2. The van der Waals surface area contributed by atoms with E-state index in [-0.39, 0.29) is 5.56 Å². The van der Waals surface area contributed by atoms with Crippen molar-refractivity contribution in [2.75, 3.05) is 13.1 Å². The molecule has 2 amide bonds. The highest BCUT2D eigenvalue weighted by Gasteiger charge is 2.22. The first-order valence-electron chi connectivity index (χ1n) is 9.01. The molecule has 0 aliphatic heterocycles. The lowest BCUT2D eigenvalue weighted by Gasteiger charge is -2.27. The monoisotopic (exact) mass is 388 g/mol. The summed E-state index contributed by atoms with van der Waals surface area (Å²) in [6, 6.07) is 6.19. The van der Waals surface area contributed by atoms with Crippen LogP contribution >= 0.6 is 0 Å². The minimum Gasteiger partial charge on any atom is -0.444 e. The van der Waals surface area contributed by atoms with E-state index in [9.17, 15) is 14.0 Å². The summed E-state index contributed by atoms with van der Waals surface area (Å²) in [6.07, 6.45) is 4.68. The van der Waals surface area contributed by atoms with E-state index in [4.69, 9.17) is 4.74 Å². The Morgan fingerprint density at radius 3 is 2.68 bits per heavy atom. The molecular weight excluding hydrogens is 363 g/mol. The molecule has 150 valence electrons. The third-order valence-corrected chi connectivity index (χ3v) is 3.63. The Morgan fingerprint density at radius 2 is 2.04 bits per heavy atom. The van der Waals surface area contributed by atoms with Gasteiger partial charge in [-0.15, -0.1) is 0 Å². The Labute approximate surface area is 163 Å². The zero-order valence-electron chi connectivity index (χ0n) is 16.3. The zero-order chi connectivity index (χ0) is 20.6. The van der Waals surface area contributed by atoms with E-state index in [2.05, 4.69) is 15.3 Å². The van der Waals surface area contributed by atoms with Crippen LogP contribution in [0.1, 0.15) is 43.1 Å². The smallest absolute Gasteiger partial charge is 0.410 e. The first-order valence-corrected chi connectivity index (χ1v) is 9.01. The maximum Gasteiger partial charge on any atom is 0.410 e. The maximum atomic E-state index is 13.1. The number of amides is 2. The van der Waals surface area contributed by atoms with Gasteiger partial charge in [-0.1, -0.05) is 6.07 Å². The third kappa shape index (κ3) is 7.30. The number of nitrogens with one attached hydrogen (secondary N) is 1. The zero-order valence-corrected chi connectivity index (χ0v) is 16.3. The molecule has 8 heteroatoms. The summed E-state index contributed by atoms with van der Waals surface area (Å²) >= 11 is 0.